The van der Waals surface area contributed by atoms with E-state index in [0.717, 1.165) is 27.3 Å². The lowest BCUT2D eigenvalue weighted by Gasteiger charge is -2.13. The van der Waals surface area contributed by atoms with Gasteiger partial charge in [-0.15, -0.1) is 11.8 Å². The lowest BCUT2D eigenvalue weighted by Crippen LogP contribution is -2.35. The topological polar surface area (TPSA) is 84.5 Å². The second-order valence-electron chi connectivity index (χ2n) is 6.81. The summed E-state index contributed by atoms with van der Waals surface area (Å²) in [6.45, 7) is 5.21. The van der Waals surface area contributed by atoms with Crippen LogP contribution in [0, 0.1) is 20.8 Å². The second-order valence-corrected chi connectivity index (χ2v) is 8.42. The fourth-order valence-corrected chi connectivity index (χ4v) is 3.75. The van der Waals surface area contributed by atoms with Gasteiger partial charge in [-0.1, -0.05) is 29.3 Å². The average molecular weight is 449 g/mol. The summed E-state index contributed by atoms with van der Waals surface area (Å²) in [6, 6.07) is 11.3. The Balaban J connectivity index is 1.65. The Labute approximate surface area is 185 Å². The molecule has 2 amide bonds. The van der Waals surface area contributed by atoms with Crippen molar-refractivity contribution in [3.05, 3.63) is 58.1 Å². The SMILES string of the molecule is Cc1cc(C)c(NC(=O)CNC(=O)COC(=O)CCSc2ccc(Cl)cc2)c(C)c1. The van der Waals surface area contributed by atoms with Crippen molar-refractivity contribution in [1.29, 1.82) is 0 Å². The van der Waals surface area contributed by atoms with Crippen molar-refractivity contribution in [2.24, 2.45) is 0 Å². The van der Waals surface area contributed by atoms with Crippen LogP contribution in [-0.4, -0.2) is 36.7 Å². The zero-order chi connectivity index (χ0) is 22.1. The van der Waals surface area contributed by atoms with Crippen LogP contribution in [0.25, 0.3) is 0 Å². The third-order valence-electron chi connectivity index (χ3n) is 4.14. The van der Waals surface area contributed by atoms with Crippen molar-refractivity contribution in [1.82, 2.24) is 5.32 Å². The van der Waals surface area contributed by atoms with Crippen molar-refractivity contribution < 1.29 is 19.1 Å². The Hall–Kier alpha value is -2.51. The number of halogens is 1. The minimum Gasteiger partial charge on any atom is -0.456 e. The summed E-state index contributed by atoms with van der Waals surface area (Å²) in [5.41, 5.74) is 3.77. The zero-order valence-corrected chi connectivity index (χ0v) is 18.8. The monoisotopic (exact) mass is 448 g/mol. The van der Waals surface area contributed by atoms with E-state index in [-0.39, 0.29) is 18.9 Å². The van der Waals surface area contributed by atoms with E-state index in [4.69, 9.17) is 16.3 Å². The zero-order valence-electron chi connectivity index (χ0n) is 17.2. The van der Waals surface area contributed by atoms with Gasteiger partial charge < -0.3 is 15.4 Å². The van der Waals surface area contributed by atoms with Gasteiger partial charge in [0.15, 0.2) is 6.61 Å². The molecule has 0 saturated heterocycles. The molecule has 0 unspecified atom stereocenters. The number of nitrogens with one attached hydrogen (secondary N) is 2. The number of hydrogen-bond acceptors (Lipinski definition) is 5. The molecule has 0 radical (unpaired) electrons. The number of amides is 2. The van der Waals surface area contributed by atoms with E-state index in [9.17, 15) is 14.4 Å². The number of ether oxygens (including phenoxy) is 1. The normalized spacial score (nSPS) is 10.4. The largest absolute Gasteiger partial charge is 0.456 e. The van der Waals surface area contributed by atoms with Gasteiger partial charge in [-0.3, -0.25) is 14.4 Å². The Morgan fingerprint density at radius 2 is 1.63 bits per heavy atom. The van der Waals surface area contributed by atoms with Crippen LogP contribution in [0.2, 0.25) is 5.02 Å². The number of hydrogen-bond donors (Lipinski definition) is 2. The van der Waals surface area contributed by atoms with Crippen LogP contribution in [0.4, 0.5) is 5.69 Å². The van der Waals surface area contributed by atoms with Crippen molar-refractivity contribution in [3.8, 4) is 0 Å². The molecule has 0 aliphatic rings. The third-order valence-corrected chi connectivity index (χ3v) is 5.41. The van der Waals surface area contributed by atoms with Crippen LogP contribution in [0.1, 0.15) is 23.1 Å². The maximum Gasteiger partial charge on any atom is 0.307 e. The molecule has 0 heterocycles. The maximum atomic E-state index is 12.1. The van der Waals surface area contributed by atoms with Crippen LogP contribution in [0.3, 0.4) is 0 Å². The lowest BCUT2D eigenvalue weighted by atomic mass is 10.1. The number of esters is 1. The van der Waals surface area contributed by atoms with Gasteiger partial charge >= 0.3 is 5.97 Å². The van der Waals surface area contributed by atoms with Crippen molar-refractivity contribution in [3.63, 3.8) is 0 Å². The number of benzene rings is 2. The van der Waals surface area contributed by atoms with Gasteiger partial charge in [0, 0.05) is 21.4 Å². The molecule has 2 N–H and O–H groups in total. The number of aryl methyl sites for hydroxylation is 3. The molecular weight excluding hydrogens is 424 g/mol. The molecule has 0 aliphatic carbocycles. The number of anilines is 1. The first-order valence-electron chi connectivity index (χ1n) is 9.43. The third kappa shape index (κ3) is 8.08. The van der Waals surface area contributed by atoms with Gasteiger partial charge in [-0.05, 0) is 56.2 Å². The minimum absolute atomic E-state index is 0.174. The van der Waals surface area contributed by atoms with Gasteiger partial charge in [-0.2, -0.15) is 0 Å². The first-order valence-corrected chi connectivity index (χ1v) is 10.8. The summed E-state index contributed by atoms with van der Waals surface area (Å²) >= 11 is 7.32. The maximum absolute atomic E-state index is 12.1. The number of thioether (sulfide) groups is 1. The molecule has 30 heavy (non-hydrogen) atoms. The van der Waals surface area contributed by atoms with E-state index in [1.54, 1.807) is 12.1 Å². The molecule has 2 rings (SSSR count). The molecule has 160 valence electrons. The number of carbonyl (C=O) groups is 3. The summed E-state index contributed by atoms with van der Waals surface area (Å²) in [6.07, 6.45) is 0.174. The standard InChI is InChI=1S/C22H25ClN2O4S/c1-14-10-15(2)22(16(3)11-14)25-19(26)12-24-20(27)13-29-21(28)8-9-30-18-6-4-17(23)5-7-18/h4-7,10-11H,8-9,12-13H2,1-3H3,(H,24,27)(H,25,26). The van der Waals surface area contributed by atoms with Gasteiger partial charge in [0.25, 0.3) is 5.91 Å². The molecule has 0 spiro atoms. The molecule has 2 aromatic rings. The van der Waals surface area contributed by atoms with E-state index >= 15 is 0 Å². The number of rotatable bonds is 9. The molecule has 0 bridgehead atoms. The summed E-state index contributed by atoms with van der Waals surface area (Å²) in [5, 5.41) is 5.91. The Bertz CT molecular complexity index is 893. The summed E-state index contributed by atoms with van der Waals surface area (Å²) < 4.78 is 4.95. The highest BCUT2D eigenvalue weighted by Gasteiger charge is 2.11. The molecule has 0 fully saturated rings. The van der Waals surface area contributed by atoms with E-state index in [2.05, 4.69) is 10.6 Å². The second kappa shape index (κ2) is 11.6. The predicted octanol–water partition coefficient (Wildman–Crippen LogP) is 4.05. The highest BCUT2D eigenvalue weighted by atomic mass is 35.5. The Morgan fingerprint density at radius 3 is 2.27 bits per heavy atom. The molecule has 6 nitrogen and oxygen atoms in total. The fourth-order valence-electron chi connectivity index (χ4n) is 2.79. The van der Waals surface area contributed by atoms with Gasteiger partial charge in [-0.25, -0.2) is 0 Å². The molecule has 0 atom stereocenters. The van der Waals surface area contributed by atoms with E-state index in [1.807, 2.05) is 45.0 Å². The van der Waals surface area contributed by atoms with Crippen molar-refractivity contribution >= 4 is 46.8 Å². The van der Waals surface area contributed by atoms with Crippen LogP contribution < -0.4 is 10.6 Å². The van der Waals surface area contributed by atoms with Crippen LogP contribution in [0.15, 0.2) is 41.3 Å². The van der Waals surface area contributed by atoms with Crippen LogP contribution in [-0.2, 0) is 19.1 Å². The van der Waals surface area contributed by atoms with Crippen LogP contribution >= 0.6 is 23.4 Å². The van der Waals surface area contributed by atoms with E-state index < -0.39 is 18.5 Å². The first-order chi connectivity index (χ1) is 14.2. The molecule has 8 heteroatoms. The Morgan fingerprint density at radius 1 is 1.00 bits per heavy atom. The first kappa shape index (κ1) is 23.8. The summed E-state index contributed by atoms with van der Waals surface area (Å²) in [7, 11) is 0. The summed E-state index contributed by atoms with van der Waals surface area (Å²) in [4.78, 5) is 36.7. The van der Waals surface area contributed by atoms with E-state index in [0.29, 0.717) is 10.8 Å². The van der Waals surface area contributed by atoms with Crippen molar-refractivity contribution in [2.45, 2.75) is 32.1 Å². The molecule has 2 aromatic carbocycles. The van der Waals surface area contributed by atoms with Crippen LogP contribution in [0.5, 0.6) is 0 Å². The van der Waals surface area contributed by atoms with Gasteiger partial charge in [0.1, 0.15) is 0 Å². The molecular formula is C22H25ClN2O4S. The van der Waals surface area contributed by atoms with Crippen molar-refractivity contribution in [2.75, 3.05) is 24.2 Å². The Kier molecular flexibility index (Phi) is 9.20. The molecule has 0 aliphatic heterocycles. The quantitative estimate of drug-likeness (QED) is 0.446. The van der Waals surface area contributed by atoms with Gasteiger partial charge in [0.05, 0.1) is 13.0 Å². The summed E-state index contributed by atoms with van der Waals surface area (Å²) in [5.74, 6) is -0.813. The smallest absolute Gasteiger partial charge is 0.307 e. The number of carbonyl (C=O) groups excluding carboxylic acids is 3. The van der Waals surface area contributed by atoms with E-state index in [1.165, 1.54) is 11.8 Å². The average Bonchev–Trinajstić information content (AvgIpc) is 2.69. The minimum atomic E-state index is -0.527. The van der Waals surface area contributed by atoms with Gasteiger partial charge in [0.2, 0.25) is 5.91 Å². The lowest BCUT2D eigenvalue weighted by molar-refractivity contribution is -0.148. The molecule has 0 saturated carbocycles. The highest BCUT2D eigenvalue weighted by molar-refractivity contribution is 7.99. The molecule has 0 aromatic heterocycles. The highest BCUT2D eigenvalue weighted by Crippen LogP contribution is 2.22. The predicted molar refractivity (Wildman–Crippen MR) is 120 cm³/mol. The fraction of sp³-hybridized carbons (Fsp3) is 0.318.